The number of ether oxygens (including phenoxy) is 3. The molecule has 200 valence electrons. The second-order valence-corrected chi connectivity index (χ2v) is 9.97. The summed E-state index contributed by atoms with van der Waals surface area (Å²) in [6.07, 6.45) is 1.19. The molecule has 4 heterocycles. The van der Waals surface area contributed by atoms with E-state index in [0.29, 0.717) is 12.0 Å². The molecule has 3 fully saturated rings. The van der Waals surface area contributed by atoms with Crippen LogP contribution in [0.1, 0.15) is 21.7 Å². The van der Waals surface area contributed by atoms with Gasteiger partial charge < -0.3 is 29.3 Å². The number of morpholine rings is 1. The molecule has 7 nitrogen and oxygen atoms in total. The van der Waals surface area contributed by atoms with Gasteiger partial charge in [-0.3, -0.25) is 0 Å². The molecule has 3 saturated heterocycles. The maximum absolute atomic E-state index is 5.82. The molecule has 0 atom stereocenters. The van der Waals surface area contributed by atoms with Crippen molar-refractivity contribution in [3.63, 3.8) is 0 Å². The molecule has 0 radical (unpaired) electrons. The van der Waals surface area contributed by atoms with E-state index in [2.05, 4.69) is 51.5 Å². The topological polar surface area (TPSA) is 59.1 Å². The fourth-order valence-electron chi connectivity index (χ4n) is 5.39. The van der Waals surface area contributed by atoms with Crippen LogP contribution in [0.5, 0.6) is 5.75 Å². The van der Waals surface area contributed by atoms with Crippen molar-refractivity contribution in [1.29, 1.82) is 0 Å². The van der Waals surface area contributed by atoms with Crippen molar-refractivity contribution in [3.05, 3.63) is 48.5 Å². The third-order valence-corrected chi connectivity index (χ3v) is 7.51. The van der Waals surface area contributed by atoms with Gasteiger partial charge in [-0.2, -0.15) is 0 Å². The van der Waals surface area contributed by atoms with Crippen molar-refractivity contribution in [1.82, 2.24) is 10.3 Å². The predicted molar refractivity (Wildman–Crippen MR) is 153 cm³/mol. The number of nitrogens with zero attached hydrogens (tertiary/aromatic N) is 3. The molecule has 0 aliphatic carbocycles. The van der Waals surface area contributed by atoms with Crippen LogP contribution >= 0.6 is 0 Å². The molecule has 37 heavy (non-hydrogen) atoms. The van der Waals surface area contributed by atoms with Crippen LogP contribution in [0.25, 0.3) is 22.2 Å². The Morgan fingerprint density at radius 2 is 1.76 bits per heavy atom. The Kier molecular flexibility index (Phi) is 8.13. The lowest BCUT2D eigenvalue weighted by molar-refractivity contribution is -0.0985. The van der Waals surface area contributed by atoms with Gasteiger partial charge in [0.25, 0.3) is 0 Å². The van der Waals surface area contributed by atoms with Gasteiger partial charge in [0.05, 0.1) is 37.6 Å². The van der Waals surface area contributed by atoms with E-state index in [1.807, 2.05) is 33.0 Å². The van der Waals surface area contributed by atoms with E-state index in [1.165, 1.54) is 23.2 Å². The molecular weight excluding hydrogens is 464 g/mol. The zero-order valence-electron chi connectivity index (χ0n) is 22.5. The largest absolute Gasteiger partial charge is 0.492 e. The van der Waals surface area contributed by atoms with Gasteiger partial charge in [0.1, 0.15) is 12.4 Å². The van der Waals surface area contributed by atoms with Crippen molar-refractivity contribution in [2.45, 2.75) is 20.3 Å². The third-order valence-electron chi connectivity index (χ3n) is 7.51. The predicted octanol–water partition coefficient (Wildman–Crippen LogP) is 4.84. The molecule has 0 unspecified atom stereocenters. The van der Waals surface area contributed by atoms with Gasteiger partial charge >= 0.3 is 0 Å². The van der Waals surface area contributed by atoms with Gasteiger partial charge in [-0.25, -0.2) is 4.98 Å². The standard InChI is InChI=1S/C28H34N4O3.C2H6.H2/c1-29-9-13-35-23-5-2-21(3-6-23)25-17-27(32-10-8-28(18-32)19-34-20-28)24-7-4-22(16-26(24)30-25)31-11-14-33-15-12-31;1-2;/h2-7,16-17,29H,8-15,18-20H2,1H3;1-2H3;1H. The van der Waals surface area contributed by atoms with Gasteiger partial charge in [-0.05, 0) is 62.0 Å². The molecule has 0 bridgehead atoms. The van der Waals surface area contributed by atoms with Crippen LogP contribution in [0.15, 0.2) is 48.5 Å². The van der Waals surface area contributed by atoms with Crippen molar-refractivity contribution in [3.8, 4) is 17.0 Å². The fraction of sp³-hybridized carbons (Fsp3) is 0.500. The quantitative estimate of drug-likeness (QED) is 0.461. The van der Waals surface area contributed by atoms with E-state index in [-0.39, 0.29) is 1.43 Å². The Morgan fingerprint density at radius 3 is 2.43 bits per heavy atom. The number of nitrogens with one attached hydrogen (secondary N) is 1. The molecular formula is C30H42N4O3. The first-order valence-corrected chi connectivity index (χ1v) is 13.7. The summed E-state index contributed by atoms with van der Waals surface area (Å²) in [5, 5.41) is 4.33. The highest BCUT2D eigenvalue weighted by Crippen LogP contribution is 2.42. The van der Waals surface area contributed by atoms with Crippen LogP contribution in [0.2, 0.25) is 0 Å². The molecule has 1 spiro atoms. The molecule has 3 aromatic rings. The number of pyridine rings is 1. The second kappa shape index (κ2) is 11.7. The van der Waals surface area contributed by atoms with E-state index in [9.17, 15) is 0 Å². The van der Waals surface area contributed by atoms with Crippen LogP contribution in [0.3, 0.4) is 0 Å². The Bertz CT molecular complexity index is 1180. The first-order valence-electron chi connectivity index (χ1n) is 13.7. The van der Waals surface area contributed by atoms with Crippen molar-refractivity contribution in [2.24, 2.45) is 5.41 Å². The molecule has 3 aliphatic rings. The summed E-state index contributed by atoms with van der Waals surface area (Å²) in [6, 6.07) is 17.3. The molecule has 6 rings (SSSR count). The van der Waals surface area contributed by atoms with E-state index in [4.69, 9.17) is 19.2 Å². The maximum Gasteiger partial charge on any atom is 0.119 e. The zero-order valence-corrected chi connectivity index (χ0v) is 22.5. The minimum Gasteiger partial charge on any atom is -0.492 e. The molecule has 7 heteroatoms. The molecule has 1 N–H and O–H groups in total. The van der Waals surface area contributed by atoms with Crippen LogP contribution < -0.4 is 19.9 Å². The van der Waals surface area contributed by atoms with Gasteiger partial charge in [0, 0.05) is 61.9 Å². The number of hydrogen-bond donors (Lipinski definition) is 1. The lowest BCUT2D eigenvalue weighted by Crippen LogP contribution is -2.44. The van der Waals surface area contributed by atoms with Crippen LogP contribution in [-0.2, 0) is 9.47 Å². The molecule has 3 aliphatic heterocycles. The number of fused-ring (bicyclic) bond motifs is 1. The number of anilines is 2. The van der Waals surface area contributed by atoms with Gasteiger partial charge in [-0.15, -0.1) is 0 Å². The number of aromatic nitrogens is 1. The first kappa shape index (κ1) is 25.8. The minimum atomic E-state index is 0. The second-order valence-electron chi connectivity index (χ2n) is 9.97. The molecule has 0 saturated carbocycles. The fourth-order valence-corrected chi connectivity index (χ4v) is 5.39. The summed E-state index contributed by atoms with van der Waals surface area (Å²) in [5.41, 5.74) is 5.97. The van der Waals surface area contributed by atoms with E-state index < -0.39 is 0 Å². The van der Waals surface area contributed by atoms with Gasteiger partial charge in [0.15, 0.2) is 0 Å². The summed E-state index contributed by atoms with van der Waals surface area (Å²) in [5.74, 6) is 0.881. The van der Waals surface area contributed by atoms with E-state index in [0.717, 1.165) is 81.7 Å². The maximum atomic E-state index is 5.82. The van der Waals surface area contributed by atoms with E-state index in [1.54, 1.807) is 0 Å². The first-order chi connectivity index (χ1) is 18.2. The molecule has 0 amide bonds. The van der Waals surface area contributed by atoms with Gasteiger partial charge in [0.2, 0.25) is 0 Å². The Morgan fingerprint density at radius 1 is 0.973 bits per heavy atom. The number of benzene rings is 2. The Hall–Kier alpha value is -2.87. The summed E-state index contributed by atoms with van der Waals surface area (Å²) >= 11 is 0. The lowest BCUT2D eigenvalue weighted by atomic mass is 9.85. The molecule has 2 aromatic carbocycles. The Balaban J connectivity index is 0.00000110. The zero-order chi connectivity index (χ0) is 25.7. The number of likely N-dealkylation sites (N-methyl/N-ethyl adjacent to an activating group) is 1. The summed E-state index contributed by atoms with van der Waals surface area (Å²) in [7, 11) is 1.93. The van der Waals surface area contributed by atoms with Gasteiger partial charge in [-0.1, -0.05) is 13.8 Å². The third kappa shape index (κ3) is 5.54. The average Bonchev–Trinajstić information content (AvgIpc) is 3.41. The van der Waals surface area contributed by atoms with Crippen molar-refractivity contribution < 1.29 is 15.6 Å². The highest BCUT2D eigenvalue weighted by Gasteiger charge is 2.44. The highest BCUT2D eigenvalue weighted by atomic mass is 16.5. The average molecular weight is 507 g/mol. The monoisotopic (exact) mass is 506 g/mol. The van der Waals surface area contributed by atoms with E-state index >= 15 is 0 Å². The lowest BCUT2D eigenvalue weighted by Gasteiger charge is -2.38. The smallest absolute Gasteiger partial charge is 0.119 e. The highest BCUT2D eigenvalue weighted by molar-refractivity contribution is 5.96. The summed E-state index contributed by atoms with van der Waals surface area (Å²) < 4.78 is 17.0. The number of hydrogen-bond acceptors (Lipinski definition) is 7. The van der Waals surface area contributed by atoms with Crippen LogP contribution in [0, 0.1) is 5.41 Å². The normalized spacial score (nSPS) is 18.5. The van der Waals surface area contributed by atoms with Crippen molar-refractivity contribution in [2.75, 3.05) is 82.6 Å². The minimum absolute atomic E-state index is 0. The summed E-state index contributed by atoms with van der Waals surface area (Å²) in [4.78, 5) is 10.1. The van der Waals surface area contributed by atoms with Crippen LogP contribution in [0.4, 0.5) is 11.4 Å². The Labute approximate surface area is 222 Å². The molecule has 1 aromatic heterocycles. The van der Waals surface area contributed by atoms with Crippen molar-refractivity contribution >= 4 is 22.3 Å². The van der Waals surface area contributed by atoms with Crippen LogP contribution in [-0.4, -0.2) is 77.8 Å². The SMILES string of the molecule is CC.CNCCOc1ccc(-c2cc(N3CCC4(COC4)C3)c3ccc(N4CCOCC4)cc3n2)cc1.[HH]. The summed E-state index contributed by atoms with van der Waals surface area (Å²) in [6.45, 7) is 12.7. The number of rotatable bonds is 7.